The molecule has 0 saturated carbocycles. The molecule has 0 amide bonds. The summed E-state index contributed by atoms with van der Waals surface area (Å²) in [5.41, 5.74) is 9.25. The van der Waals surface area contributed by atoms with E-state index in [0.717, 1.165) is 35.4 Å². The van der Waals surface area contributed by atoms with Gasteiger partial charge in [0.05, 0.1) is 24.2 Å². The van der Waals surface area contributed by atoms with Crippen LogP contribution in [0.25, 0.3) is 22.3 Å². The van der Waals surface area contributed by atoms with E-state index in [4.69, 9.17) is 15.2 Å². The van der Waals surface area contributed by atoms with Crippen LogP contribution in [-0.2, 0) is 4.74 Å². The van der Waals surface area contributed by atoms with Crippen molar-refractivity contribution < 1.29 is 9.47 Å². The van der Waals surface area contributed by atoms with Crippen LogP contribution in [0.15, 0.2) is 48.5 Å². The van der Waals surface area contributed by atoms with Gasteiger partial charge in [-0.1, -0.05) is 30.3 Å². The van der Waals surface area contributed by atoms with Crippen LogP contribution in [0.5, 0.6) is 5.75 Å². The van der Waals surface area contributed by atoms with Gasteiger partial charge in [-0.25, -0.2) is 9.97 Å². The largest absolute Gasteiger partial charge is 0.488 e. The van der Waals surface area contributed by atoms with Gasteiger partial charge in [0, 0.05) is 18.1 Å². The number of benzene rings is 2. The third kappa shape index (κ3) is 2.83. The fourth-order valence-electron chi connectivity index (χ4n) is 2.73. The van der Waals surface area contributed by atoms with Crippen molar-refractivity contribution in [2.24, 2.45) is 0 Å². The molecule has 3 aromatic rings. The summed E-state index contributed by atoms with van der Waals surface area (Å²) < 4.78 is 11.3. The SMILES string of the molecule is Nc1nc2ccc(O[C@@H]3CCOC3)cc2nc1-c1ccccc1. The smallest absolute Gasteiger partial charge is 0.150 e. The maximum absolute atomic E-state index is 6.07. The monoisotopic (exact) mass is 307 g/mol. The minimum atomic E-state index is 0.114. The molecule has 0 radical (unpaired) electrons. The number of hydrogen-bond acceptors (Lipinski definition) is 5. The first-order chi connectivity index (χ1) is 11.3. The highest BCUT2D eigenvalue weighted by Gasteiger charge is 2.17. The van der Waals surface area contributed by atoms with Crippen LogP contribution >= 0.6 is 0 Å². The van der Waals surface area contributed by atoms with Gasteiger partial charge in [0.2, 0.25) is 0 Å². The number of anilines is 1. The van der Waals surface area contributed by atoms with Crippen molar-refractivity contribution in [2.45, 2.75) is 12.5 Å². The van der Waals surface area contributed by atoms with Crippen molar-refractivity contribution in [1.82, 2.24) is 9.97 Å². The summed E-state index contributed by atoms with van der Waals surface area (Å²) >= 11 is 0. The summed E-state index contributed by atoms with van der Waals surface area (Å²) in [6, 6.07) is 15.5. The lowest BCUT2D eigenvalue weighted by Crippen LogP contribution is -2.15. The number of ether oxygens (including phenoxy) is 2. The Kier molecular flexibility index (Phi) is 3.55. The molecule has 4 rings (SSSR count). The molecular formula is C18H17N3O2. The van der Waals surface area contributed by atoms with E-state index in [1.54, 1.807) is 0 Å². The minimum absolute atomic E-state index is 0.114. The molecule has 1 saturated heterocycles. The van der Waals surface area contributed by atoms with Gasteiger partial charge in [-0.3, -0.25) is 0 Å². The van der Waals surface area contributed by atoms with Crippen LogP contribution in [0.2, 0.25) is 0 Å². The van der Waals surface area contributed by atoms with Crippen LogP contribution in [-0.4, -0.2) is 29.3 Å². The van der Waals surface area contributed by atoms with E-state index in [1.807, 2.05) is 48.5 Å². The number of aromatic nitrogens is 2. The quantitative estimate of drug-likeness (QED) is 0.805. The molecule has 2 N–H and O–H groups in total. The van der Waals surface area contributed by atoms with Crippen LogP contribution in [0.3, 0.4) is 0 Å². The number of nitrogens with zero attached hydrogens (tertiary/aromatic N) is 2. The number of fused-ring (bicyclic) bond motifs is 1. The molecule has 1 atom stereocenters. The highest BCUT2D eigenvalue weighted by molar-refractivity contribution is 5.83. The number of hydrogen-bond donors (Lipinski definition) is 1. The van der Waals surface area contributed by atoms with Gasteiger partial charge >= 0.3 is 0 Å². The van der Waals surface area contributed by atoms with E-state index in [9.17, 15) is 0 Å². The molecule has 0 aliphatic carbocycles. The lowest BCUT2D eigenvalue weighted by atomic mass is 10.1. The van der Waals surface area contributed by atoms with Crippen molar-refractivity contribution in [2.75, 3.05) is 18.9 Å². The fourth-order valence-corrected chi connectivity index (χ4v) is 2.73. The molecule has 1 aliphatic rings. The third-order valence-corrected chi connectivity index (χ3v) is 3.90. The zero-order chi connectivity index (χ0) is 15.6. The lowest BCUT2D eigenvalue weighted by Gasteiger charge is -2.12. The van der Waals surface area contributed by atoms with E-state index in [1.165, 1.54) is 0 Å². The molecule has 2 heterocycles. The Morgan fingerprint density at radius 3 is 2.70 bits per heavy atom. The summed E-state index contributed by atoms with van der Waals surface area (Å²) in [5, 5.41) is 0. The van der Waals surface area contributed by atoms with Gasteiger partial charge in [0.25, 0.3) is 0 Å². The van der Waals surface area contributed by atoms with Crippen molar-refractivity contribution >= 4 is 16.9 Å². The molecule has 1 aliphatic heterocycles. The van der Waals surface area contributed by atoms with Crippen LogP contribution in [0, 0.1) is 0 Å². The second-order valence-electron chi connectivity index (χ2n) is 5.58. The molecule has 5 heteroatoms. The molecule has 0 bridgehead atoms. The second kappa shape index (κ2) is 5.85. The van der Waals surface area contributed by atoms with E-state index >= 15 is 0 Å². The van der Waals surface area contributed by atoms with Crippen LogP contribution < -0.4 is 10.5 Å². The number of nitrogens with two attached hydrogens (primary N) is 1. The van der Waals surface area contributed by atoms with E-state index in [2.05, 4.69) is 9.97 Å². The van der Waals surface area contributed by atoms with E-state index in [0.29, 0.717) is 18.1 Å². The Morgan fingerprint density at radius 2 is 1.91 bits per heavy atom. The predicted octanol–water partition coefficient (Wildman–Crippen LogP) is 3.05. The van der Waals surface area contributed by atoms with Crippen molar-refractivity contribution in [3.63, 3.8) is 0 Å². The lowest BCUT2D eigenvalue weighted by molar-refractivity contribution is 0.141. The maximum Gasteiger partial charge on any atom is 0.150 e. The summed E-state index contributed by atoms with van der Waals surface area (Å²) in [7, 11) is 0. The molecular weight excluding hydrogens is 290 g/mol. The molecule has 0 unspecified atom stereocenters. The average Bonchev–Trinajstić information content (AvgIpc) is 3.08. The summed E-state index contributed by atoms with van der Waals surface area (Å²) in [5.74, 6) is 1.22. The first-order valence-corrected chi connectivity index (χ1v) is 7.67. The van der Waals surface area contributed by atoms with E-state index < -0.39 is 0 Å². The standard InChI is InChI=1S/C18H17N3O2/c19-18-17(12-4-2-1-3-5-12)20-16-10-13(6-7-15(16)21-18)23-14-8-9-22-11-14/h1-7,10,14H,8-9,11H2,(H2,19,21)/t14-/m1/s1. The summed E-state index contributed by atoms with van der Waals surface area (Å²) in [6.45, 7) is 1.40. The van der Waals surface area contributed by atoms with Gasteiger partial charge in [0.15, 0.2) is 5.82 Å². The van der Waals surface area contributed by atoms with Crippen molar-refractivity contribution in [3.8, 4) is 17.0 Å². The van der Waals surface area contributed by atoms with Gasteiger partial charge in [-0.15, -0.1) is 0 Å². The zero-order valence-electron chi connectivity index (χ0n) is 12.6. The molecule has 0 spiro atoms. The van der Waals surface area contributed by atoms with Gasteiger partial charge in [-0.05, 0) is 12.1 Å². The Balaban J connectivity index is 1.73. The number of nitrogen functional groups attached to an aromatic ring is 1. The maximum atomic E-state index is 6.07. The Bertz CT molecular complexity index is 830. The zero-order valence-corrected chi connectivity index (χ0v) is 12.6. The normalized spacial score (nSPS) is 17.5. The van der Waals surface area contributed by atoms with Gasteiger partial charge < -0.3 is 15.2 Å². The number of rotatable bonds is 3. The third-order valence-electron chi connectivity index (χ3n) is 3.90. The molecule has 5 nitrogen and oxygen atoms in total. The first kappa shape index (κ1) is 14.0. The van der Waals surface area contributed by atoms with Gasteiger partial charge in [0.1, 0.15) is 17.5 Å². The van der Waals surface area contributed by atoms with Crippen LogP contribution in [0.4, 0.5) is 5.82 Å². The topological polar surface area (TPSA) is 70.3 Å². The van der Waals surface area contributed by atoms with Crippen molar-refractivity contribution in [1.29, 1.82) is 0 Å². The first-order valence-electron chi connectivity index (χ1n) is 7.67. The molecule has 2 aromatic carbocycles. The Labute approximate surface area is 134 Å². The van der Waals surface area contributed by atoms with Crippen molar-refractivity contribution in [3.05, 3.63) is 48.5 Å². The fraction of sp³-hybridized carbons (Fsp3) is 0.222. The Hall–Kier alpha value is -2.66. The molecule has 116 valence electrons. The average molecular weight is 307 g/mol. The van der Waals surface area contributed by atoms with E-state index in [-0.39, 0.29) is 6.10 Å². The second-order valence-corrected chi connectivity index (χ2v) is 5.58. The highest BCUT2D eigenvalue weighted by Crippen LogP contribution is 2.27. The summed E-state index contributed by atoms with van der Waals surface area (Å²) in [4.78, 5) is 9.14. The minimum Gasteiger partial charge on any atom is -0.488 e. The highest BCUT2D eigenvalue weighted by atomic mass is 16.5. The predicted molar refractivity (Wildman–Crippen MR) is 89.2 cm³/mol. The van der Waals surface area contributed by atoms with Gasteiger partial charge in [-0.2, -0.15) is 0 Å². The summed E-state index contributed by atoms with van der Waals surface area (Å²) in [6.07, 6.45) is 1.03. The molecule has 1 aromatic heterocycles. The molecule has 23 heavy (non-hydrogen) atoms. The Morgan fingerprint density at radius 1 is 1.04 bits per heavy atom. The molecule has 1 fully saturated rings. The van der Waals surface area contributed by atoms with Crippen LogP contribution in [0.1, 0.15) is 6.42 Å².